The third kappa shape index (κ3) is 3.70. The van der Waals surface area contributed by atoms with Crippen LogP contribution < -0.4 is 5.32 Å². The van der Waals surface area contributed by atoms with Crippen molar-refractivity contribution in [3.8, 4) is 0 Å². The fourth-order valence-corrected chi connectivity index (χ4v) is 4.61. The Morgan fingerprint density at radius 3 is 2.97 bits per heavy atom. The molecule has 8 heteroatoms. The molecule has 5 aromatic rings. The van der Waals surface area contributed by atoms with Gasteiger partial charge >= 0.3 is 0 Å². The standard InChI is InChI=1S/C23H20N6OS/c30-23(24-10-15-1-5-21-17(9-15)7-8-31-21)20-14-29(27-26-20)13-19-12-28-11-18(16-2-3-16)4-6-22(28)25-19/h1,4-9,11-12,14,16H,2-3,10,13H2,(H,24,30). The zero-order valence-electron chi connectivity index (χ0n) is 16.7. The lowest BCUT2D eigenvalue weighted by Gasteiger charge is -2.03. The molecule has 1 aliphatic carbocycles. The van der Waals surface area contributed by atoms with E-state index in [4.69, 9.17) is 0 Å². The molecule has 0 radical (unpaired) electrons. The quantitative estimate of drug-likeness (QED) is 0.444. The van der Waals surface area contributed by atoms with Crippen molar-refractivity contribution in [2.45, 2.75) is 31.8 Å². The number of fused-ring (bicyclic) bond motifs is 2. The molecule has 1 amide bonds. The van der Waals surface area contributed by atoms with Crippen LogP contribution in [0, 0.1) is 0 Å². The van der Waals surface area contributed by atoms with E-state index in [0.717, 1.165) is 16.9 Å². The van der Waals surface area contributed by atoms with Crippen LogP contribution in [-0.4, -0.2) is 30.3 Å². The van der Waals surface area contributed by atoms with Gasteiger partial charge in [-0.25, -0.2) is 9.67 Å². The van der Waals surface area contributed by atoms with Crippen molar-refractivity contribution in [3.05, 3.63) is 82.9 Å². The highest BCUT2D eigenvalue weighted by molar-refractivity contribution is 7.17. The SMILES string of the molecule is O=C(NCc1ccc2sccc2c1)c1cn(Cc2cn3cc(C4CC4)ccc3n2)nn1. The Kier molecular flexibility index (Phi) is 4.31. The van der Waals surface area contributed by atoms with Crippen molar-refractivity contribution in [3.63, 3.8) is 0 Å². The number of rotatable bonds is 6. The molecule has 4 heterocycles. The van der Waals surface area contributed by atoms with Gasteiger partial charge in [-0.05, 0) is 64.9 Å². The predicted molar refractivity (Wildman–Crippen MR) is 119 cm³/mol. The molecular formula is C23H20N6OS. The lowest BCUT2D eigenvalue weighted by atomic mass is 10.1. The molecule has 0 atom stereocenters. The molecule has 0 bridgehead atoms. The van der Waals surface area contributed by atoms with Gasteiger partial charge in [-0.3, -0.25) is 4.79 Å². The van der Waals surface area contributed by atoms with Gasteiger partial charge in [0.15, 0.2) is 5.69 Å². The lowest BCUT2D eigenvalue weighted by molar-refractivity contribution is 0.0946. The summed E-state index contributed by atoms with van der Waals surface area (Å²) >= 11 is 1.71. The van der Waals surface area contributed by atoms with Crippen LogP contribution in [0.15, 0.2) is 60.4 Å². The van der Waals surface area contributed by atoms with Gasteiger partial charge in [-0.1, -0.05) is 17.3 Å². The fraction of sp³-hybridized carbons (Fsp3) is 0.217. The maximum Gasteiger partial charge on any atom is 0.273 e. The third-order valence-corrected chi connectivity index (χ3v) is 6.54. The van der Waals surface area contributed by atoms with Crippen molar-refractivity contribution in [1.82, 2.24) is 29.7 Å². The molecule has 4 aromatic heterocycles. The Hall–Kier alpha value is -3.52. The van der Waals surface area contributed by atoms with Crippen molar-refractivity contribution < 1.29 is 4.79 Å². The molecule has 1 saturated carbocycles. The summed E-state index contributed by atoms with van der Waals surface area (Å²) < 4.78 is 4.96. The highest BCUT2D eigenvalue weighted by atomic mass is 32.1. The monoisotopic (exact) mass is 428 g/mol. The van der Waals surface area contributed by atoms with Crippen LogP contribution in [-0.2, 0) is 13.1 Å². The number of carbonyl (C=O) groups is 1. The second kappa shape index (κ2) is 7.31. The molecule has 0 aliphatic heterocycles. The van der Waals surface area contributed by atoms with Gasteiger partial charge in [0, 0.05) is 23.6 Å². The molecule has 154 valence electrons. The number of amides is 1. The summed E-state index contributed by atoms with van der Waals surface area (Å²) in [5.41, 5.74) is 4.53. The summed E-state index contributed by atoms with van der Waals surface area (Å²) in [6.07, 6.45) is 8.40. The first-order chi connectivity index (χ1) is 15.2. The maximum absolute atomic E-state index is 12.5. The molecular weight excluding hydrogens is 408 g/mol. The van der Waals surface area contributed by atoms with Crippen LogP contribution in [0.1, 0.15) is 46.1 Å². The molecule has 0 spiro atoms. The van der Waals surface area contributed by atoms with E-state index in [0.29, 0.717) is 24.7 Å². The normalized spacial score (nSPS) is 13.8. The van der Waals surface area contributed by atoms with Crippen LogP contribution in [0.2, 0.25) is 0 Å². The molecule has 1 fully saturated rings. The van der Waals surface area contributed by atoms with Crippen LogP contribution in [0.4, 0.5) is 0 Å². The lowest BCUT2D eigenvalue weighted by Crippen LogP contribution is -2.23. The fourth-order valence-electron chi connectivity index (χ4n) is 3.84. The maximum atomic E-state index is 12.5. The molecule has 7 nitrogen and oxygen atoms in total. The number of nitrogens with zero attached hydrogens (tertiary/aromatic N) is 5. The molecule has 0 saturated heterocycles. The zero-order valence-corrected chi connectivity index (χ0v) is 17.5. The first-order valence-electron chi connectivity index (χ1n) is 10.3. The van der Waals surface area contributed by atoms with E-state index >= 15 is 0 Å². The molecule has 31 heavy (non-hydrogen) atoms. The van der Waals surface area contributed by atoms with E-state index in [2.05, 4.69) is 66.9 Å². The topological polar surface area (TPSA) is 77.1 Å². The number of hydrogen-bond donors (Lipinski definition) is 1. The first kappa shape index (κ1) is 18.3. The Balaban J connectivity index is 1.12. The average Bonchev–Trinajstić information content (AvgIpc) is 3.17. The molecule has 1 N–H and O–H groups in total. The van der Waals surface area contributed by atoms with Gasteiger partial charge in [0.2, 0.25) is 0 Å². The number of nitrogens with one attached hydrogen (secondary N) is 1. The second-order valence-corrected chi connectivity index (χ2v) is 8.96. The van der Waals surface area contributed by atoms with Crippen molar-refractivity contribution in [2.24, 2.45) is 0 Å². The zero-order chi connectivity index (χ0) is 20.8. The Morgan fingerprint density at radius 1 is 1.13 bits per heavy atom. The summed E-state index contributed by atoms with van der Waals surface area (Å²) in [4.78, 5) is 17.2. The summed E-state index contributed by atoms with van der Waals surface area (Å²) in [5, 5.41) is 14.3. The first-order valence-corrected chi connectivity index (χ1v) is 11.2. The van der Waals surface area contributed by atoms with E-state index < -0.39 is 0 Å². The average molecular weight is 429 g/mol. The number of imidazole rings is 1. The van der Waals surface area contributed by atoms with Gasteiger partial charge in [0.1, 0.15) is 5.65 Å². The molecule has 1 aliphatic rings. The summed E-state index contributed by atoms with van der Waals surface area (Å²) in [5.74, 6) is 0.472. The second-order valence-electron chi connectivity index (χ2n) is 8.01. The Bertz CT molecular complexity index is 1410. The van der Waals surface area contributed by atoms with Gasteiger partial charge in [0.25, 0.3) is 5.91 Å². The minimum Gasteiger partial charge on any atom is -0.347 e. The molecule has 6 rings (SSSR count). The molecule has 1 aromatic carbocycles. The summed E-state index contributed by atoms with van der Waals surface area (Å²) in [6, 6.07) is 12.5. The number of pyridine rings is 1. The van der Waals surface area contributed by atoms with Crippen molar-refractivity contribution in [2.75, 3.05) is 0 Å². The number of thiophene rings is 1. The smallest absolute Gasteiger partial charge is 0.273 e. The van der Waals surface area contributed by atoms with E-state index in [1.807, 2.05) is 12.3 Å². The van der Waals surface area contributed by atoms with Crippen LogP contribution in [0.5, 0.6) is 0 Å². The largest absolute Gasteiger partial charge is 0.347 e. The van der Waals surface area contributed by atoms with E-state index in [9.17, 15) is 4.79 Å². The van der Waals surface area contributed by atoms with E-state index in [1.165, 1.54) is 28.5 Å². The van der Waals surface area contributed by atoms with Gasteiger partial charge < -0.3 is 9.72 Å². The van der Waals surface area contributed by atoms with Crippen LogP contribution >= 0.6 is 11.3 Å². The number of benzene rings is 1. The van der Waals surface area contributed by atoms with Gasteiger partial charge in [-0.15, -0.1) is 16.4 Å². The number of carbonyl (C=O) groups excluding carboxylic acids is 1. The summed E-state index contributed by atoms with van der Waals surface area (Å²) in [6.45, 7) is 0.919. The molecule has 0 unspecified atom stereocenters. The third-order valence-electron chi connectivity index (χ3n) is 5.64. The number of hydrogen-bond acceptors (Lipinski definition) is 5. The highest BCUT2D eigenvalue weighted by Crippen LogP contribution is 2.39. The minimum absolute atomic E-state index is 0.235. The Labute approximate surface area is 182 Å². The van der Waals surface area contributed by atoms with Gasteiger partial charge in [0.05, 0.1) is 18.4 Å². The highest BCUT2D eigenvalue weighted by Gasteiger charge is 2.23. The summed E-state index contributed by atoms with van der Waals surface area (Å²) in [7, 11) is 0. The predicted octanol–water partition coefficient (Wildman–Crippen LogP) is 4.00. The van der Waals surface area contributed by atoms with Crippen molar-refractivity contribution >= 4 is 33.0 Å². The van der Waals surface area contributed by atoms with Gasteiger partial charge in [-0.2, -0.15) is 0 Å². The van der Waals surface area contributed by atoms with Crippen molar-refractivity contribution in [1.29, 1.82) is 0 Å². The number of aromatic nitrogens is 5. The van der Waals surface area contributed by atoms with Crippen LogP contribution in [0.25, 0.3) is 15.7 Å². The Morgan fingerprint density at radius 2 is 2.06 bits per heavy atom. The minimum atomic E-state index is -0.235. The van der Waals surface area contributed by atoms with E-state index in [-0.39, 0.29) is 5.91 Å². The van der Waals surface area contributed by atoms with Crippen LogP contribution in [0.3, 0.4) is 0 Å². The van der Waals surface area contributed by atoms with E-state index in [1.54, 1.807) is 22.2 Å².